The fourth-order valence-corrected chi connectivity index (χ4v) is 0.691. The highest BCUT2D eigenvalue weighted by Crippen LogP contribution is 1.87. The third kappa shape index (κ3) is 1.13. The van der Waals surface area contributed by atoms with Crippen molar-refractivity contribution in [1.82, 2.24) is 4.98 Å². The summed E-state index contributed by atoms with van der Waals surface area (Å²) < 4.78 is 0. The lowest BCUT2D eigenvalue weighted by Crippen LogP contribution is -2.10. The van der Waals surface area contributed by atoms with Crippen LogP contribution in [0.25, 0.3) is 0 Å². The first-order chi connectivity index (χ1) is 4.72. The molecule has 1 rings (SSSR count). The van der Waals surface area contributed by atoms with Crippen LogP contribution in [-0.4, -0.2) is 10.8 Å². The Labute approximate surface area is 57.7 Å². The highest BCUT2D eigenvalue weighted by molar-refractivity contribution is 5.93. The van der Waals surface area contributed by atoms with Gasteiger partial charge in [0.1, 0.15) is 0 Å². The summed E-state index contributed by atoms with van der Waals surface area (Å²) >= 11 is 0. The molecule has 0 saturated heterocycles. The van der Waals surface area contributed by atoms with Gasteiger partial charge in [0.15, 0.2) is 11.2 Å². The third-order valence-electron chi connectivity index (χ3n) is 1.20. The van der Waals surface area contributed by atoms with Gasteiger partial charge in [0.2, 0.25) is 0 Å². The molecule has 1 aromatic heterocycles. The first-order valence-electron chi connectivity index (χ1n) is 2.90. The Hall–Kier alpha value is -1.38. The number of hydrogen-bond donors (Lipinski definition) is 1. The number of nitrogens with one attached hydrogen (secondary N) is 1. The average molecular weight is 137 g/mol. The van der Waals surface area contributed by atoms with Crippen molar-refractivity contribution >= 4 is 5.78 Å². The number of H-pyrrole nitrogens is 1. The van der Waals surface area contributed by atoms with E-state index in [1.54, 1.807) is 0 Å². The van der Waals surface area contributed by atoms with Crippen LogP contribution in [0, 0.1) is 0 Å². The predicted octanol–water partition coefficient (Wildman–Crippen LogP) is 0.577. The van der Waals surface area contributed by atoms with Crippen LogP contribution in [0.15, 0.2) is 23.3 Å². The van der Waals surface area contributed by atoms with Crippen LogP contribution in [0.2, 0.25) is 0 Å². The van der Waals surface area contributed by atoms with Crippen LogP contribution in [0.3, 0.4) is 0 Å². The van der Waals surface area contributed by atoms with Gasteiger partial charge >= 0.3 is 0 Å². The maximum absolute atomic E-state index is 10.8. The van der Waals surface area contributed by atoms with Gasteiger partial charge < -0.3 is 4.98 Å². The fourth-order valence-electron chi connectivity index (χ4n) is 0.691. The standard InChI is InChI=1S/C7H7NO2/c1-5(9)6-4-8-3-2-7(6)10/h2-4H,1H3,(H,8,10). The molecule has 0 aliphatic rings. The maximum atomic E-state index is 10.8. The molecule has 3 heteroatoms. The van der Waals surface area contributed by atoms with Crippen molar-refractivity contribution in [2.45, 2.75) is 6.92 Å². The molecule has 0 aliphatic heterocycles. The van der Waals surface area contributed by atoms with Gasteiger partial charge in [-0.3, -0.25) is 9.59 Å². The van der Waals surface area contributed by atoms with Crippen molar-refractivity contribution in [3.63, 3.8) is 0 Å². The number of rotatable bonds is 1. The molecule has 0 aromatic carbocycles. The Bertz CT molecular complexity index is 300. The van der Waals surface area contributed by atoms with Crippen molar-refractivity contribution in [2.24, 2.45) is 0 Å². The normalized spacial score (nSPS) is 9.30. The highest BCUT2D eigenvalue weighted by atomic mass is 16.1. The van der Waals surface area contributed by atoms with E-state index in [0.717, 1.165) is 0 Å². The Kier molecular flexibility index (Phi) is 1.67. The molecule has 0 aliphatic carbocycles. The molecule has 1 aromatic rings. The molecule has 0 fully saturated rings. The largest absolute Gasteiger partial charge is 0.367 e. The van der Waals surface area contributed by atoms with Crippen LogP contribution < -0.4 is 5.43 Å². The summed E-state index contributed by atoms with van der Waals surface area (Å²) in [7, 11) is 0. The number of hydrogen-bond acceptors (Lipinski definition) is 2. The summed E-state index contributed by atoms with van der Waals surface area (Å²) in [5.74, 6) is -0.207. The lowest BCUT2D eigenvalue weighted by Gasteiger charge is -1.89. The Morgan fingerprint density at radius 2 is 2.30 bits per heavy atom. The van der Waals surface area contributed by atoms with E-state index >= 15 is 0 Å². The van der Waals surface area contributed by atoms with Crippen molar-refractivity contribution < 1.29 is 4.79 Å². The van der Waals surface area contributed by atoms with E-state index in [-0.39, 0.29) is 16.8 Å². The van der Waals surface area contributed by atoms with Gasteiger partial charge in [-0.1, -0.05) is 0 Å². The second-order valence-corrected chi connectivity index (χ2v) is 1.98. The molecule has 1 N–H and O–H groups in total. The molecular weight excluding hydrogens is 130 g/mol. The van der Waals surface area contributed by atoms with Crippen LogP contribution >= 0.6 is 0 Å². The lowest BCUT2D eigenvalue weighted by atomic mass is 10.2. The summed E-state index contributed by atoms with van der Waals surface area (Å²) in [5, 5.41) is 0. The van der Waals surface area contributed by atoms with Crippen molar-refractivity contribution in [3.05, 3.63) is 34.2 Å². The predicted molar refractivity (Wildman–Crippen MR) is 37.1 cm³/mol. The van der Waals surface area contributed by atoms with Crippen LogP contribution in [-0.2, 0) is 0 Å². The molecule has 0 atom stereocenters. The smallest absolute Gasteiger partial charge is 0.192 e. The molecule has 1 heterocycles. The van der Waals surface area contributed by atoms with E-state index in [1.165, 1.54) is 25.4 Å². The van der Waals surface area contributed by atoms with Gasteiger partial charge in [0.25, 0.3) is 0 Å². The van der Waals surface area contributed by atoms with Gasteiger partial charge in [-0.25, -0.2) is 0 Å². The second kappa shape index (κ2) is 2.47. The van der Waals surface area contributed by atoms with Crippen molar-refractivity contribution in [1.29, 1.82) is 0 Å². The molecule has 0 unspecified atom stereocenters. The maximum Gasteiger partial charge on any atom is 0.192 e. The Balaban J connectivity index is 3.29. The minimum absolute atomic E-state index is 0.207. The van der Waals surface area contributed by atoms with Crippen LogP contribution in [0.5, 0.6) is 0 Å². The molecule has 0 spiro atoms. The average Bonchev–Trinajstić information content (AvgIpc) is 1.88. The number of aromatic nitrogens is 1. The van der Waals surface area contributed by atoms with E-state index in [2.05, 4.69) is 4.98 Å². The topological polar surface area (TPSA) is 49.9 Å². The fraction of sp³-hybridized carbons (Fsp3) is 0.143. The highest BCUT2D eigenvalue weighted by Gasteiger charge is 2.00. The number of carbonyl (C=O) groups excluding carboxylic acids is 1. The van der Waals surface area contributed by atoms with Crippen molar-refractivity contribution in [2.75, 3.05) is 0 Å². The number of pyridine rings is 1. The third-order valence-corrected chi connectivity index (χ3v) is 1.20. The van der Waals surface area contributed by atoms with Crippen LogP contribution in [0.1, 0.15) is 17.3 Å². The number of Topliss-reactive ketones (excluding diaryl/α,β-unsaturated/α-hetero) is 1. The molecule has 3 nitrogen and oxygen atoms in total. The molecular formula is C7H7NO2. The van der Waals surface area contributed by atoms with Gasteiger partial charge in [0, 0.05) is 18.5 Å². The van der Waals surface area contributed by atoms with Gasteiger partial charge in [-0.15, -0.1) is 0 Å². The monoisotopic (exact) mass is 137 g/mol. The van der Waals surface area contributed by atoms with Gasteiger partial charge in [-0.05, 0) is 6.92 Å². The van der Waals surface area contributed by atoms with E-state index in [9.17, 15) is 9.59 Å². The van der Waals surface area contributed by atoms with Gasteiger partial charge in [0.05, 0.1) is 5.56 Å². The van der Waals surface area contributed by atoms with E-state index in [1.807, 2.05) is 0 Å². The molecule has 10 heavy (non-hydrogen) atoms. The van der Waals surface area contributed by atoms with E-state index in [4.69, 9.17) is 0 Å². The SMILES string of the molecule is CC(=O)c1c[nH]ccc1=O. The Morgan fingerprint density at radius 3 is 2.70 bits per heavy atom. The zero-order valence-corrected chi connectivity index (χ0v) is 5.55. The zero-order valence-electron chi connectivity index (χ0n) is 5.55. The molecule has 0 amide bonds. The molecule has 0 saturated carbocycles. The number of ketones is 1. The van der Waals surface area contributed by atoms with E-state index < -0.39 is 0 Å². The summed E-state index contributed by atoms with van der Waals surface area (Å²) in [4.78, 5) is 24.1. The minimum Gasteiger partial charge on any atom is -0.367 e. The van der Waals surface area contributed by atoms with Gasteiger partial charge in [-0.2, -0.15) is 0 Å². The molecule has 0 bridgehead atoms. The summed E-state index contributed by atoms with van der Waals surface area (Å²) in [6, 6.07) is 1.33. The second-order valence-electron chi connectivity index (χ2n) is 1.98. The zero-order chi connectivity index (χ0) is 7.56. The minimum atomic E-state index is -0.230. The molecule has 0 radical (unpaired) electrons. The summed E-state index contributed by atoms with van der Waals surface area (Å²) in [6.07, 6.45) is 2.90. The Morgan fingerprint density at radius 1 is 1.60 bits per heavy atom. The number of carbonyl (C=O) groups is 1. The first-order valence-corrected chi connectivity index (χ1v) is 2.90. The van der Waals surface area contributed by atoms with Crippen LogP contribution in [0.4, 0.5) is 0 Å². The van der Waals surface area contributed by atoms with E-state index in [0.29, 0.717) is 0 Å². The molecule has 52 valence electrons. The number of aromatic amines is 1. The summed E-state index contributed by atoms with van der Waals surface area (Å²) in [6.45, 7) is 1.37. The first kappa shape index (κ1) is 6.74. The summed E-state index contributed by atoms with van der Waals surface area (Å²) in [5.41, 5.74) is -0.0197. The lowest BCUT2D eigenvalue weighted by molar-refractivity contribution is 0.101. The van der Waals surface area contributed by atoms with Crippen molar-refractivity contribution in [3.8, 4) is 0 Å². The quantitative estimate of drug-likeness (QED) is 0.575.